The van der Waals surface area contributed by atoms with Gasteiger partial charge in [0.15, 0.2) is 0 Å². The Morgan fingerprint density at radius 3 is 2.38 bits per heavy atom. The molecule has 0 aromatic carbocycles. The molecule has 0 bridgehead atoms. The molecule has 0 saturated carbocycles. The Morgan fingerprint density at radius 1 is 1.10 bits per heavy atom. The fraction of sp³-hybridized carbons (Fsp3) is 0.773. The molecule has 2 atom stereocenters. The largest absolute Gasteiger partial charge is 0.342 e. The third kappa shape index (κ3) is 3.37. The van der Waals surface area contributed by atoms with Crippen molar-refractivity contribution in [3.63, 3.8) is 0 Å². The van der Waals surface area contributed by atoms with E-state index in [0.717, 1.165) is 51.3 Å². The number of likely N-dealkylation sites (tertiary alicyclic amines) is 3. The van der Waals surface area contributed by atoms with Crippen LogP contribution in [0.3, 0.4) is 0 Å². The lowest BCUT2D eigenvalue weighted by molar-refractivity contribution is -0.142. The van der Waals surface area contributed by atoms with E-state index in [1.807, 2.05) is 30.5 Å². The van der Waals surface area contributed by atoms with Gasteiger partial charge in [0.2, 0.25) is 11.8 Å². The molecule has 2 amide bonds. The number of aryl methyl sites for hydroxylation is 2. The first-order valence-corrected chi connectivity index (χ1v) is 11.0. The number of aromatic nitrogens is 2. The van der Waals surface area contributed by atoms with Crippen LogP contribution in [-0.2, 0) is 23.2 Å². The molecule has 3 saturated heterocycles. The van der Waals surface area contributed by atoms with E-state index in [1.165, 1.54) is 11.3 Å². The van der Waals surface area contributed by atoms with Gasteiger partial charge in [-0.25, -0.2) is 0 Å². The lowest BCUT2D eigenvalue weighted by Gasteiger charge is -2.32. The van der Waals surface area contributed by atoms with E-state index in [2.05, 4.69) is 28.7 Å². The molecule has 160 valence electrons. The van der Waals surface area contributed by atoms with Gasteiger partial charge in [-0.15, -0.1) is 0 Å². The SMILES string of the molecule is Cc1nn(C)c(C)c1CN1C[C@@H]2CN(C(=O)C(C)C)C[C@]2(C(=O)N2CCCC2)C1. The number of carbonyl (C=O) groups excluding carboxylic acids is 2. The average molecular weight is 402 g/mol. The van der Waals surface area contributed by atoms with Crippen LogP contribution in [0.25, 0.3) is 0 Å². The molecule has 0 radical (unpaired) electrons. The summed E-state index contributed by atoms with van der Waals surface area (Å²) < 4.78 is 1.94. The molecule has 0 aliphatic carbocycles. The van der Waals surface area contributed by atoms with Crippen LogP contribution in [0.2, 0.25) is 0 Å². The number of nitrogens with zero attached hydrogens (tertiary/aromatic N) is 5. The Kier molecular flexibility index (Phi) is 5.21. The maximum Gasteiger partial charge on any atom is 0.232 e. The number of hydrogen-bond donors (Lipinski definition) is 0. The Bertz CT molecular complexity index is 810. The van der Waals surface area contributed by atoms with Crippen molar-refractivity contribution in [1.29, 1.82) is 0 Å². The summed E-state index contributed by atoms with van der Waals surface area (Å²) in [5, 5.41) is 4.56. The summed E-state index contributed by atoms with van der Waals surface area (Å²) in [4.78, 5) is 32.8. The summed E-state index contributed by atoms with van der Waals surface area (Å²) in [5.41, 5.74) is 3.08. The van der Waals surface area contributed by atoms with Crippen molar-refractivity contribution in [1.82, 2.24) is 24.5 Å². The van der Waals surface area contributed by atoms with Crippen LogP contribution >= 0.6 is 0 Å². The highest BCUT2D eigenvalue weighted by Gasteiger charge is 2.59. The highest BCUT2D eigenvalue weighted by molar-refractivity contribution is 5.87. The zero-order valence-electron chi connectivity index (χ0n) is 18.6. The van der Waals surface area contributed by atoms with Gasteiger partial charge in [0.25, 0.3) is 0 Å². The average Bonchev–Trinajstić information content (AvgIpc) is 3.41. The monoisotopic (exact) mass is 401 g/mol. The van der Waals surface area contributed by atoms with Crippen LogP contribution in [0.15, 0.2) is 0 Å². The lowest BCUT2D eigenvalue weighted by Crippen LogP contribution is -2.49. The summed E-state index contributed by atoms with van der Waals surface area (Å²) >= 11 is 0. The number of rotatable bonds is 4. The van der Waals surface area contributed by atoms with E-state index in [0.29, 0.717) is 13.1 Å². The van der Waals surface area contributed by atoms with Gasteiger partial charge < -0.3 is 9.80 Å². The fourth-order valence-electron chi connectivity index (χ4n) is 5.63. The minimum absolute atomic E-state index is 0.0236. The summed E-state index contributed by atoms with van der Waals surface area (Å²) in [7, 11) is 1.98. The smallest absolute Gasteiger partial charge is 0.232 e. The van der Waals surface area contributed by atoms with Gasteiger partial charge >= 0.3 is 0 Å². The Labute approximate surface area is 174 Å². The standard InChI is InChI=1S/C22H35N5O2/c1-15(2)20(28)27-11-18-10-25(12-19-16(3)23-24(5)17(19)4)13-22(18,14-27)21(29)26-8-6-7-9-26/h15,18H,6-14H2,1-5H3/t18-,22-/m1/s1. The molecular formula is C22H35N5O2. The van der Waals surface area contributed by atoms with E-state index < -0.39 is 5.41 Å². The molecular weight excluding hydrogens is 366 g/mol. The molecule has 0 unspecified atom stereocenters. The molecule has 7 nitrogen and oxygen atoms in total. The van der Waals surface area contributed by atoms with Crippen LogP contribution in [0.1, 0.15) is 43.6 Å². The maximum atomic E-state index is 13.7. The van der Waals surface area contributed by atoms with Gasteiger partial charge in [-0.1, -0.05) is 13.8 Å². The van der Waals surface area contributed by atoms with Gasteiger partial charge in [0.1, 0.15) is 0 Å². The highest BCUT2D eigenvalue weighted by atomic mass is 16.2. The van der Waals surface area contributed by atoms with Gasteiger partial charge in [-0.2, -0.15) is 5.10 Å². The predicted octanol–water partition coefficient (Wildman–Crippen LogP) is 1.58. The summed E-state index contributed by atoms with van der Waals surface area (Å²) in [6.07, 6.45) is 2.19. The highest BCUT2D eigenvalue weighted by Crippen LogP contribution is 2.45. The molecule has 0 spiro atoms. The number of amides is 2. The second-order valence-electron chi connectivity index (χ2n) is 9.67. The topological polar surface area (TPSA) is 61.7 Å². The molecule has 3 aliphatic heterocycles. The minimum Gasteiger partial charge on any atom is -0.342 e. The van der Waals surface area contributed by atoms with Gasteiger partial charge in [-0.3, -0.25) is 19.2 Å². The van der Waals surface area contributed by atoms with Crippen molar-refractivity contribution in [3.05, 3.63) is 17.0 Å². The Balaban J connectivity index is 1.58. The minimum atomic E-state index is -0.446. The van der Waals surface area contributed by atoms with Crippen LogP contribution in [0.4, 0.5) is 0 Å². The first kappa shape index (κ1) is 20.4. The molecule has 4 rings (SSSR count). The summed E-state index contributed by atoms with van der Waals surface area (Å²) in [6, 6.07) is 0. The molecule has 7 heteroatoms. The Morgan fingerprint density at radius 2 is 1.79 bits per heavy atom. The lowest BCUT2D eigenvalue weighted by atomic mass is 9.79. The normalized spacial score (nSPS) is 27.3. The van der Waals surface area contributed by atoms with Gasteiger partial charge in [0, 0.05) is 76.0 Å². The molecule has 29 heavy (non-hydrogen) atoms. The summed E-state index contributed by atoms with van der Waals surface area (Å²) in [5.74, 6) is 0.653. The zero-order valence-corrected chi connectivity index (χ0v) is 18.6. The predicted molar refractivity (Wildman–Crippen MR) is 111 cm³/mol. The van der Waals surface area contributed by atoms with E-state index in [1.54, 1.807) is 0 Å². The van der Waals surface area contributed by atoms with Crippen molar-refractivity contribution >= 4 is 11.8 Å². The molecule has 0 N–H and O–H groups in total. The maximum absolute atomic E-state index is 13.7. The van der Waals surface area contributed by atoms with E-state index in [9.17, 15) is 9.59 Å². The van der Waals surface area contributed by atoms with E-state index in [-0.39, 0.29) is 23.7 Å². The molecule has 3 aliphatic rings. The van der Waals surface area contributed by atoms with Crippen LogP contribution < -0.4 is 0 Å². The van der Waals surface area contributed by atoms with E-state index >= 15 is 0 Å². The van der Waals surface area contributed by atoms with Crippen molar-refractivity contribution in [2.45, 2.75) is 47.1 Å². The van der Waals surface area contributed by atoms with Crippen molar-refractivity contribution in [2.24, 2.45) is 24.3 Å². The van der Waals surface area contributed by atoms with Crippen molar-refractivity contribution < 1.29 is 9.59 Å². The first-order valence-electron chi connectivity index (χ1n) is 11.0. The molecule has 1 aromatic rings. The van der Waals surface area contributed by atoms with Crippen LogP contribution in [0, 0.1) is 31.1 Å². The zero-order chi connectivity index (χ0) is 20.9. The summed E-state index contributed by atoms with van der Waals surface area (Å²) in [6.45, 7) is 13.5. The van der Waals surface area contributed by atoms with Crippen LogP contribution in [0.5, 0.6) is 0 Å². The Hall–Kier alpha value is -1.89. The third-order valence-corrected chi connectivity index (χ3v) is 7.34. The second-order valence-corrected chi connectivity index (χ2v) is 9.67. The third-order valence-electron chi connectivity index (χ3n) is 7.34. The molecule has 3 fully saturated rings. The van der Waals surface area contributed by atoms with Crippen molar-refractivity contribution in [2.75, 3.05) is 39.3 Å². The van der Waals surface area contributed by atoms with Gasteiger partial charge in [0.05, 0.1) is 11.1 Å². The fourth-order valence-corrected chi connectivity index (χ4v) is 5.63. The quantitative estimate of drug-likeness (QED) is 0.769. The molecule has 1 aromatic heterocycles. The van der Waals surface area contributed by atoms with E-state index in [4.69, 9.17) is 0 Å². The number of carbonyl (C=O) groups is 2. The van der Waals surface area contributed by atoms with Crippen molar-refractivity contribution in [3.8, 4) is 0 Å². The first-order chi connectivity index (χ1) is 13.7. The number of fused-ring (bicyclic) bond motifs is 1. The van der Waals surface area contributed by atoms with Gasteiger partial charge in [-0.05, 0) is 26.7 Å². The second kappa shape index (κ2) is 7.42. The number of hydrogen-bond acceptors (Lipinski definition) is 4. The molecule has 4 heterocycles. The van der Waals surface area contributed by atoms with Crippen LogP contribution in [-0.4, -0.2) is 75.6 Å².